The minimum absolute atomic E-state index is 0.107. The van der Waals surface area contributed by atoms with Gasteiger partial charge < -0.3 is 10.1 Å². The molecule has 0 aliphatic carbocycles. The fourth-order valence-electron chi connectivity index (χ4n) is 2.35. The molecule has 0 aliphatic rings. The number of halogens is 1. The zero-order valence-corrected chi connectivity index (χ0v) is 17.3. The molecular weight excluding hydrogens is 404 g/mol. The molecule has 0 saturated heterocycles. The molecule has 2 rings (SSSR count). The smallest absolute Gasteiger partial charge is 0.339 e. The van der Waals surface area contributed by atoms with E-state index in [0.717, 1.165) is 9.87 Å². The first-order valence-electron chi connectivity index (χ1n) is 8.44. The number of sulfonamides is 1. The van der Waals surface area contributed by atoms with Crippen LogP contribution in [0.3, 0.4) is 0 Å². The Balaban J connectivity index is 2.06. The summed E-state index contributed by atoms with van der Waals surface area (Å²) in [5.41, 5.74) is 1.45. The highest BCUT2D eigenvalue weighted by molar-refractivity contribution is 7.89. The monoisotopic (exact) mass is 424 g/mol. The largest absolute Gasteiger partial charge is 0.462 e. The number of likely N-dealkylation sites (N-methyl/N-ethyl adjacent to an activating group) is 1. The van der Waals surface area contributed by atoms with Crippen LogP contribution < -0.4 is 5.32 Å². The van der Waals surface area contributed by atoms with Gasteiger partial charge >= 0.3 is 5.97 Å². The highest BCUT2D eigenvalue weighted by Crippen LogP contribution is 2.22. The molecule has 0 heterocycles. The van der Waals surface area contributed by atoms with Crippen LogP contribution in [0.15, 0.2) is 47.4 Å². The van der Waals surface area contributed by atoms with Crippen LogP contribution >= 0.6 is 11.6 Å². The molecule has 0 unspecified atom stereocenters. The number of carbonyl (C=O) groups is 2. The summed E-state index contributed by atoms with van der Waals surface area (Å²) in [5.74, 6) is -1.10. The number of ether oxygens (including phenoxy) is 1. The lowest BCUT2D eigenvalue weighted by Gasteiger charge is -2.17. The molecule has 0 aliphatic heterocycles. The molecule has 0 saturated carbocycles. The molecule has 2 aromatic carbocycles. The summed E-state index contributed by atoms with van der Waals surface area (Å²) in [6, 6.07) is 10.7. The summed E-state index contributed by atoms with van der Waals surface area (Å²) in [6.45, 7) is 3.37. The summed E-state index contributed by atoms with van der Waals surface area (Å²) >= 11 is 6.06. The summed E-state index contributed by atoms with van der Waals surface area (Å²) in [4.78, 5) is 24.1. The highest BCUT2D eigenvalue weighted by atomic mass is 35.5. The molecule has 2 aromatic rings. The Morgan fingerprint density at radius 1 is 1.14 bits per heavy atom. The Bertz CT molecular complexity index is 974. The van der Waals surface area contributed by atoms with E-state index in [9.17, 15) is 18.0 Å². The normalized spacial score (nSPS) is 11.3. The zero-order valence-electron chi connectivity index (χ0n) is 15.7. The van der Waals surface area contributed by atoms with Gasteiger partial charge in [-0.1, -0.05) is 29.3 Å². The Morgan fingerprint density at radius 3 is 2.36 bits per heavy atom. The molecule has 9 heteroatoms. The molecule has 150 valence electrons. The molecule has 0 fully saturated rings. The van der Waals surface area contributed by atoms with Crippen molar-refractivity contribution in [1.82, 2.24) is 4.31 Å². The number of hydrogen-bond acceptors (Lipinski definition) is 5. The lowest BCUT2D eigenvalue weighted by atomic mass is 10.2. The number of anilines is 1. The highest BCUT2D eigenvalue weighted by Gasteiger charge is 2.23. The molecule has 1 amide bonds. The molecular formula is C19H21ClN2O5S. The third kappa shape index (κ3) is 5.31. The van der Waals surface area contributed by atoms with Gasteiger partial charge in [0, 0.05) is 12.7 Å². The Labute approximate surface area is 169 Å². The minimum atomic E-state index is -3.79. The predicted molar refractivity (Wildman–Crippen MR) is 107 cm³/mol. The van der Waals surface area contributed by atoms with Crippen LogP contribution in [-0.4, -0.2) is 44.8 Å². The van der Waals surface area contributed by atoms with Crippen LogP contribution in [0.1, 0.15) is 22.8 Å². The third-order valence-corrected chi connectivity index (χ3v) is 5.97. The van der Waals surface area contributed by atoms with Crippen LogP contribution in [0.2, 0.25) is 5.02 Å². The number of amides is 1. The maximum atomic E-state index is 12.5. The first-order chi connectivity index (χ1) is 13.1. The van der Waals surface area contributed by atoms with E-state index in [1.54, 1.807) is 19.1 Å². The Morgan fingerprint density at radius 2 is 1.79 bits per heavy atom. The van der Waals surface area contributed by atoms with Gasteiger partial charge in [-0.15, -0.1) is 0 Å². The lowest BCUT2D eigenvalue weighted by Crippen LogP contribution is -2.35. The van der Waals surface area contributed by atoms with Crippen LogP contribution in [0.25, 0.3) is 0 Å². The summed E-state index contributed by atoms with van der Waals surface area (Å²) in [7, 11) is -2.47. The maximum absolute atomic E-state index is 12.5. The van der Waals surface area contributed by atoms with E-state index in [4.69, 9.17) is 16.3 Å². The lowest BCUT2D eigenvalue weighted by molar-refractivity contribution is -0.116. The van der Waals surface area contributed by atoms with E-state index in [2.05, 4.69) is 5.32 Å². The standard InChI is InChI=1S/C19H21ClN2O5S/c1-4-27-19(24)16-10-7-14(11-17(16)20)21-18(23)12-22(3)28(25,26)15-8-5-13(2)6-9-15/h5-11H,4,12H2,1-3H3,(H,21,23). The summed E-state index contributed by atoms with van der Waals surface area (Å²) in [6.07, 6.45) is 0. The molecule has 28 heavy (non-hydrogen) atoms. The fourth-order valence-corrected chi connectivity index (χ4v) is 3.73. The molecule has 0 bridgehead atoms. The van der Waals surface area contributed by atoms with Gasteiger partial charge in [0.1, 0.15) is 0 Å². The van der Waals surface area contributed by atoms with Gasteiger partial charge in [-0.3, -0.25) is 4.79 Å². The van der Waals surface area contributed by atoms with Crippen LogP contribution in [0.4, 0.5) is 5.69 Å². The second-order valence-corrected chi connectivity index (χ2v) is 8.49. The summed E-state index contributed by atoms with van der Waals surface area (Å²) in [5, 5.41) is 2.68. The van der Waals surface area contributed by atoms with Gasteiger partial charge in [-0.2, -0.15) is 4.31 Å². The second-order valence-electron chi connectivity index (χ2n) is 6.04. The van der Waals surface area contributed by atoms with Crippen molar-refractivity contribution in [3.63, 3.8) is 0 Å². The number of rotatable bonds is 7. The fraction of sp³-hybridized carbons (Fsp3) is 0.263. The number of hydrogen-bond donors (Lipinski definition) is 1. The van der Waals surface area contributed by atoms with E-state index in [0.29, 0.717) is 5.69 Å². The number of nitrogens with zero attached hydrogens (tertiary/aromatic N) is 1. The predicted octanol–water partition coefficient (Wildman–Crippen LogP) is 3.08. The number of benzene rings is 2. The number of nitrogens with one attached hydrogen (secondary N) is 1. The van der Waals surface area contributed by atoms with Gasteiger partial charge in [-0.05, 0) is 44.2 Å². The molecule has 0 aromatic heterocycles. The van der Waals surface area contributed by atoms with Crippen molar-refractivity contribution in [2.75, 3.05) is 25.5 Å². The van der Waals surface area contributed by atoms with E-state index in [1.165, 1.54) is 37.4 Å². The van der Waals surface area contributed by atoms with Crippen LogP contribution in [0, 0.1) is 6.92 Å². The molecule has 1 N–H and O–H groups in total. The van der Waals surface area contributed by atoms with Gasteiger partial charge in [0.05, 0.1) is 28.6 Å². The average Bonchev–Trinajstić information content (AvgIpc) is 2.62. The van der Waals surface area contributed by atoms with Gasteiger partial charge in [0.2, 0.25) is 15.9 Å². The molecule has 0 radical (unpaired) electrons. The first kappa shape index (κ1) is 21.9. The first-order valence-corrected chi connectivity index (χ1v) is 10.3. The summed E-state index contributed by atoms with van der Waals surface area (Å²) < 4.78 is 30.9. The minimum Gasteiger partial charge on any atom is -0.462 e. The SMILES string of the molecule is CCOC(=O)c1ccc(NC(=O)CN(C)S(=O)(=O)c2ccc(C)cc2)cc1Cl. The van der Waals surface area contributed by atoms with Gasteiger partial charge in [0.25, 0.3) is 0 Å². The van der Waals surface area contributed by atoms with Gasteiger partial charge in [-0.25, -0.2) is 13.2 Å². The second kappa shape index (κ2) is 9.18. The van der Waals surface area contributed by atoms with Crippen molar-refractivity contribution < 1.29 is 22.7 Å². The Hall–Kier alpha value is -2.42. The number of aryl methyl sites for hydroxylation is 1. The van der Waals surface area contributed by atoms with Crippen molar-refractivity contribution >= 4 is 39.2 Å². The zero-order chi connectivity index (χ0) is 20.9. The van der Waals surface area contributed by atoms with Crippen LogP contribution in [-0.2, 0) is 19.6 Å². The van der Waals surface area contributed by atoms with Crippen molar-refractivity contribution in [2.45, 2.75) is 18.7 Å². The quantitative estimate of drug-likeness (QED) is 0.689. The molecule has 0 atom stereocenters. The van der Waals surface area contributed by atoms with Crippen molar-refractivity contribution in [3.8, 4) is 0 Å². The number of esters is 1. The van der Waals surface area contributed by atoms with Crippen molar-refractivity contribution in [3.05, 3.63) is 58.6 Å². The van der Waals surface area contributed by atoms with E-state index >= 15 is 0 Å². The van der Waals surface area contributed by atoms with Crippen molar-refractivity contribution in [1.29, 1.82) is 0 Å². The molecule has 7 nitrogen and oxygen atoms in total. The third-order valence-electron chi connectivity index (χ3n) is 3.84. The van der Waals surface area contributed by atoms with Crippen LogP contribution in [0.5, 0.6) is 0 Å². The molecule has 0 spiro atoms. The van der Waals surface area contributed by atoms with Gasteiger partial charge in [0.15, 0.2) is 0 Å². The maximum Gasteiger partial charge on any atom is 0.339 e. The number of carbonyl (C=O) groups excluding carboxylic acids is 2. The topological polar surface area (TPSA) is 92.8 Å². The Kier molecular flexibility index (Phi) is 7.17. The van der Waals surface area contributed by atoms with E-state index in [1.807, 2.05) is 6.92 Å². The van der Waals surface area contributed by atoms with E-state index in [-0.39, 0.29) is 28.6 Å². The van der Waals surface area contributed by atoms with Crippen molar-refractivity contribution in [2.24, 2.45) is 0 Å². The van der Waals surface area contributed by atoms with E-state index < -0.39 is 21.9 Å². The average molecular weight is 425 g/mol.